The summed E-state index contributed by atoms with van der Waals surface area (Å²) >= 11 is 0. The molecule has 0 saturated heterocycles. The van der Waals surface area contributed by atoms with Crippen LogP contribution in [0.15, 0.2) is 18.7 Å². The molecule has 0 aliphatic rings. The van der Waals surface area contributed by atoms with E-state index in [4.69, 9.17) is 13.0 Å². The number of alkyl halides is 3. The molecule has 0 amide bonds. The number of hydrogen-bond donors (Lipinski definition) is 0. The molecule has 1 heterocycles. The van der Waals surface area contributed by atoms with E-state index in [0.29, 0.717) is 0 Å². The first kappa shape index (κ1) is 20.3. The third-order valence-corrected chi connectivity index (χ3v) is 4.61. The fourth-order valence-corrected chi connectivity index (χ4v) is 3.29. The molecule has 1 aromatic rings. The molecule has 0 aliphatic carbocycles. The summed E-state index contributed by atoms with van der Waals surface area (Å²) in [4.78, 5) is 0. The standard InChI is InChI=1S/C8H18N4P.CHF3O3S/c1-9(2)13(10(3)4)12-7-6-11(5)8-12;2-1(3,4)8(5,6)7/h6-8H,1-5H3;(H,5,6,7)/q+1;/p-1. The van der Waals surface area contributed by atoms with Crippen LogP contribution in [-0.2, 0) is 17.2 Å². The quantitative estimate of drug-likeness (QED) is 0.345. The van der Waals surface area contributed by atoms with Gasteiger partial charge < -0.3 is 4.55 Å². The Morgan fingerprint density at radius 1 is 1.19 bits per heavy atom. The molecule has 0 aliphatic heterocycles. The number of imidazole rings is 1. The van der Waals surface area contributed by atoms with E-state index in [-0.39, 0.29) is 0 Å². The maximum Gasteiger partial charge on any atom is 0.485 e. The molecule has 1 aromatic heterocycles. The van der Waals surface area contributed by atoms with Crippen molar-refractivity contribution in [2.45, 2.75) is 5.51 Å². The molecule has 0 aromatic carbocycles. The lowest BCUT2D eigenvalue weighted by atomic mass is 10.9. The van der Waals surface area contributed by atoms with E-state index in [0.717, 1.165) is 0 Å². The number of hydrogen-bond acceptors (Lipinski definition) is 5. The molecular weight excluding hydrogens is 332 g/mol. The van der Waals surface area contributed by atoms with Crippen molar-refractivity contribution in [2.75, 3.05) is 28.2 Å². The molecule has 0 fully saturated rings. The number of nitrogens with zero attached hydrogens (tertiary/aromatic N) is 4. The smallest absolute Gasteiger partial charge is 0.485 e. The number of rotatable bonds is 3. The summed E-state index contributed by atoms with van der Waals surface area (Å²) in [6, 6.07) is 0. The first-order valence-electron chi connectivity index (χ1n) is 5.47. The van der Waals surface area contributed by atoms with Crippen LogP contribution >= 0.6 is 8.37 Å². The normalized spacial score (nSPS) is 12.8. The van der Waals surface area contributed by atoms with E-state index in [1.54, 1.807) is 0 Å². The van der Waals surface area contributed by atoms with Crippen LogP contribution in [0.5, 0.6) is 0 Å². The van der Waals surface area contributed by atoms with Gasteiger partial charge >= 0.3 is 5.51 Å². The van der Waals surface area contributed by atoms with Crippen molar-refractivity contribution in [3.05, 3.63) is 18.7 Å². The molecule has 0 N–H and O–H groups in total. The summed E-state index contributed by atoms with van der Waals surface area (Å²) < 4.78 is 67.7. The van der Waals surface area contributed by atoms with Gasteiger partial charge in [0.05, 0.1) is 7.05 Å². The van der Waals surface area contributed by atoms with Gasteiger partial charge in [-0.05, 0) is 28.2 Å². The van der Waals surface area contributed by atoms with Gasteiger partial charge in [0.15, 0.2) is 10.1 Å². The lowest BCUT2D eigenvalue weighted by molar-refractivity contribution is -0.670. The predicted molar refractivity (Wildman–Crippen MR) is 71.1 cm³/mol. The van der Waals surface area contributed by atoms with E-state index in [2.05, 4.69) is 65.2 Å². The van der Waals surface area contributed by atoms with Gasteiger partial charge in [0.2, 0.25) is 6.33 Å². The van der Waals surface area contributed by atoms with Crippen molar-refractivity contribution in [1.82, 2.24) is 13.7 Å². The minimum atomic E-state index is -6.09. The van der Waals surface area contributed by atoms with Crippen LogP contribution in [-0.4, -0.2) is 60.3 Å². The second-order valence-corrected chi connectivity index (χ2v) is 8.29. The van der Waals surface area contributed by atoms with E-state index in [1.807, 2.05) is 7.05 Å². The van der Waals surface area contributed by atoms with Gasteiger partial charge in [0.1, 0.15) is 12.4 Å². The van der Waals surface area contributed by atoms with Crippen molar-refractivity contribution in [1.29, 1.82) is 0 Å². The second-order valence-electron chi connectivity index (χ2n) is 4.32. The number of aromatic nitrogens is 2. The van der Waals surface area contributed by atoms with Gasteiger partial charge in [-0.25, -0.2) is 22.3 Å². The Morgan fingerprint density at radius 2 is 1.57 bits per heavy atom. The van der Waals surface area contributed by atoms with Crippen molar-refractivity contribution in [3.8, 4) is 0 Å². The van der Waals surface area contributed by atoms with Crippen molar-refractivity contribution < 1.29 is 30.7 Å². The fraction of sp³-hybridized carbons (Fsp3) is 0.667. The molecular formula is C9H18F3N4O3PS. The molecule has 12 heteroatoms. The third-order valence-electron chi connectivity index (χ3n) is 1.96. The molecule has 1 rings (SSSR count). The van der Waals surface area contributed by atoms with E-state index in [9.17, 15) is 13.2 Å². The first-order valence-corrected chi connectivity index (χ1v) is 8.08. The molecule has 21 heavy (non-hydrogen) atoms. The highest BCUT2D eigenvalue weighted by atomic mass is 32.2. The van der Waals surface area contributed by atoms with E-state index < -0.39 is 24.0 Å². The van der Waals surface area contributed by atoms with Gasteiger partial charge in [-0.1, -0.05) is 0 Å². The SMILES string of the molecule is CN(C)P(N(C)C)n1cc[n+](C)c1.O=S(=O)([O-])C(F)(F)F. The second kappa shape index (κ2) is 7.50. The summed E-state index contributed by atoms with van der Waals surface area (Å²) in [7, 11) is 3.97. The van der Waals surface area contributed by atoms with Crippen LogP contribution in [0, 0.1) is 0 Å². The molecule has 0 radical (unpaired) electrons. The molecule has 0 atom stereocenters. The average molecular weight is 350 g/mol. The molecule has 7 nitrogen and oxygen atoms in total. The Morgan fingerprint density at radius 3 is 1.76 bits per heavy atom. The van der Waals surface area contributed by atoms with E-state index in [1.165, 1.54) is 0 Å². The number of halogens is 3. The summed E-state index contributed by atoms with van der Waals surface area (Å²) in [5.74, 6) is 0. The lowest BCUT2D eigenvalue weighted by Gasteiger charge is -2.24. The lowest BCUT2D eigenvalue weighted by Crippen LogP contribution is -2.26. The van der Waals surface area contributed by atoms with Gasteiger partial charge in [-0.3, -0.25) is 0 Å². The number of aryl methyl sites for hydroxylation is 1. The van der Waals surface area contributed by atoms with Gasteiger partial charge in [-0.15, -0.1) is 0 Å². The van der Waals surface area contributed by atoms with Gasteiger partial charge in [-0.2, -0.15) is 17.5 Å². The minimum Gasteiger partial charge on any atom is -0.741 e. The highest BCUT2D eigenvalue weighted by Crippen LogP contribution is 2.40. The summed E-state index contributed by atoms with van der Waals surface area (Å²) in [6.45, 7) is 0. The topological polar surface area (TPSA) is 72.5 Å². The van der Waals surface area contributed by atoms with Crippen LogP contribution in [0.4, 0.5) is 13.2 Å². The summed E-state index contributed by atoms with van der Waals surface area (Å²) in [5.41, 5.74) is -5.65. The Bertz CT molecular complexity index is 537. The maximum absolute atomic E-state index is 10.7. The summed E-state index contributed by atoms with van der Waals surface area (Å²) in [5, 5.41) is 0. The average Bonchev–Trinajstić information content (AvgIpc) is 2.61. The van der Waals surface area contributed by atoms with Crippen LogP contribution in [0.1, 0.15) is 0 Å². The van der Waals surface area contributed by atoms with Crippen LogP contribution in [0.25, 0.3) is 0 Å². The fourth-order valence-electron chi connectivity index (χ4n) is 1.31. The maximum atomic E-state index is 10.7. The van der Waals surface area contributed by atoms with Gasteiger partial charge in [0, 0.05) is 0 Å². The third kappa shape index (κ3) is 6.70. The van der Waals surface area contributed by atoms with Crippen LogP contribution in [0.3, 0.4) is 0 Å². The highest BCUT2D eigenvalue weighted by Gasteiger charge is 2.36. The van der Waals surface area contributed by atoms with Crippen molar-refractivity contribution in [3.63, 3.8) is 0 Å². The Kier molecular flexibility index (Phi) is 7.24. The van der Waals surface area contributed by atoms with Gasteiger partial charge in [0.25, 0.3) is 8.37 Å². The largest absolute Gasteiger partial charge is 0.741 e. The Hall–Kier alpha value is -0.740. The molecule has 0 spiro atoms. The molecule has 0 bridgehead atoms. The first-order chi connectivity index (χ1) is 9.27. The van der Waals surface area contributed by atoms with E-state index >= 15 is 0 Å². The minimum absolute atomic E-state index is 0.390. The van der Waals surface area contributed by atoms with Crippen molar-refractivity contribution in [2.24, 2.45) is 7.05 Å². The molecule has 0 unspecified atom stereocenters. The molecule has 0 saturated carbocycles. The highest BCUT2D eigenvalue weighted by molar-refractivity contribution is 7.86. The summed E-state index contributed by atoms with van der Waals surface area (Å²) in [6.07, 6.45) is 6.26. The molecule has 124 valence electrons. The zero-order valence-corrected chi connectivity index (χ0v) is 13.9. The predicted octanol–water partition coefficient (Wildman–Crippen LogP) is 0.562. The van der Waals surface area contributed by atoms with Crippen LogP contribution < -0.4 is 4.57 Å². The van der Waals surface area contributed by atoms with Crippen molar-refractivity contribution >= 4 is 18.5 Å². The Balaban J connectivity index is 0.000000433. The van der Waals surface area contributed by atoms with Crippen LogP contribution in [0.2, 0.25) is 0 Å². The Labute approximate surface area is 123 Å². The zero-order valence-electron chi connectivity index (χ0n) is 12.2. The zero-order chi connectivity index (χ0) is 17.0. The monoisotopic (exact) mass is 350 g/mol.